The van der Waals surface area contributed by atoms with Gasteiger partial charge in [-0.25, -0.2) is 19.2 Å². The van der Waals surface area contributed by atoms with Crippen molar-refractivity contribution in [1.82, 2.24) is 20.9 Å². The number of carboxylic acid groups (broad SMARTS) is 2. The molecule has 4 aromatic rings. The van der Waals surface area contributed by atoms with Gasteiger partial charge in [0.2, 0.25) is 0 Å². The van der Waals surface area contributed by atoms with Crippen LogP contribution in [-0.4, -0.2) is 127 Å². The van der Waals surface area contributed by atoms with Crippen LogP contribution < -0.4 is 30.2 Å². The van der Waals surface area contributed by atoms with Crippen molar-refractivity contribution in [2.75, 3.05) is 59.7 Å². The molecule has 7 N–H and O–H groups in total. The van der Waals surface area contributed by atoms with Crippen molar-refractivity contribution in [3.8, 4) is 17.2 Å². The smallest absolute Gasteiger partial charge is 0.336 e. The lowest BCUT2D eigenvalue weighted by atomic mass is 9.79. The lowest BCUT2D eigenvalue weighted by molar-refractivity contribution is -0.141. The summed E-state index contributed by atoms with van der Waals surface area (Å²) in [4.78, 5) is 53.2. The Kier molecular flexibility index (Phi) is 32.6. The van der Waals surface area contributed by atoms with E-state index in [2.05, 4.69) is 22.9 Å². The molecule has 0 aliphatic carbocycles. The van der Waals surface area contributed by atoms with Crippen LogP contribution in [0, 0.1) is 0 Å². The maximum absolute atomic E-state index is 14.0. The molecule has 0 saturated heterocycles. The van der Waals surface area contributed by atoms with Crippen molar-refractivity contribution in [1.29, 1.82) is 0 Å². The van der Waals surface area contributed by atoms with E-state index in [-0.39, 0.29) is 73.5 Å². The van der Waals surface area contributed by atoms with E-state index in [1.807, 2.05) is 93.4 Å². The summed E-state index contributed by atoms with van der Waals surface area (Å²) in [5.74, 6) is -3.15. The third-order valence-corrected chi connectivity index (χ3v) is 15.1. The summed E-state index contributed by atoms with van der Waals surface area (Å²) < 4.78 is 28.5. The molecule has 0 spiro atoms. The number of carboxylic acids is 2. The second kappa shape index (κ2) is 38.0. The molecule has 466 valence electrons. The van der Waals surface area contributed by atoms with E-state index in [9.17, 15) is 39.6 Å². The summed E-state index contributed by atoms with van der Waals surface area (Å²) in [6.45, 7) is 13.7. The molecule has 0 bridgehead atoms. The molecular formula is C64H84Cl4N4O13. The Morgan fingerprint density at radius 2 is 1.07 bits per heavy atom. The molecule has 21 heteroatoms. The number of unbranched alkanes of at least 4 members (excludes halogenated alkanes) is 5. The average Bonchev–Trinajstić information content (AvgIpc) is 2.63. The Labute approximate surface area is 522 Å². The monoisotopic (exact) mass is 1260 g/mol. The second-order valence-electron chi connectivity index (χ2n) is 20.5. The molecule has 2 aliphatic rings. The highest BCUT2D eigenvalue weighted by Gasteiger charge is 2.41. The van der Waals surface area contributed by atoms with Crippen LogP contribution in [-0.2, 0) is 28.7 Å². The topological polar surface area (TPSA) is 235 Å². The number of aliphatic carboxylic acids is 2. The van der Waals surface area contributed by atoms with E-state index in [1.165, 1.54) is 0 Å². The minimum Gasteiger partial charge on any atom is -0.494 e. The largest absolute Gasteiger partial charge is 0.494 e. The normalized spacial score (nSPS) is 15.3. The molecule has 0 radical (unpaired) electrons. The summed E-state index contributed by atoms with van der Waals surface area (Å²) in [5.41, 5.74) is 3.87. The van der Waals surface area contributed by atoms with E-state index in [0.717, 1.165) is 56.6 Å². The first-order valence-corrected chi connectivity index (χ1v) is 29.1. The molecule has 85 heavy (non-hydrogen) atoms. The summed E-state index contributed by atoms with van der Waals surface area (Å²) in [6.07, 6.45) is 5.46. The summed E-state index contributed by atoms with van der Waals surface area (Å²) in [5, 5.41) is 49.8. The number of carbonyl (C=O) groups excluding carboxylic acids is 2. The van der Waals surface area contributed by atoms with Crippen molar-refractivity contribution < 1.29 is 63.3 Å². The van der Waals surface area contributed by atoms with Gasteiger partial charge < -0.3 is 65.0 Å². The fourth-order valence-corrected chi connectivity index (χ4v) is 10.2. The lowest BCUT2D eigenvalue weighted by Crippen LogP contribution is -2.36. The molecule has 4 atom stereocenters. The Morgan fingerprint density at radius 1 is 0.600 bits per heavy atom. The van der Waals surface area contributed by atoms with Crippen molar-refractivity contribution in [3.05, 3.63) is 169 Å². The predicted molar refractivity (Wildman–Crippen MR) is 336 cm³/mol. The van der Waals surface area contributed by atoms with Gasteiger partial charge in [-0.1, -0.05) is 116 Å². The van der Waals surface area contributed by atoms with Crippen molar-refractivity contribution in [2.45, 2.75) is 123 Å². The average molecular weight is 1260 g/mol. The summed E-state index contributed by atoms with van der Waals surface area (Å²) in [7, 11) is 1.81. The van der Waals surface area contributed by atoms with E-state index >= 15 is 0 Å². The lowest BCUT2D eigenvalue weighted by Gasteiger charge is -2.36. The number of benzene rings is 4. The number of halogens is 4. The van der Waals surface area contributed by atoms with Crippen LogP contribution in [0.25, 0.3) is 0 Å². The Bertz CT molecular complexity index is 2870. The molecule has 0 fully saturated rings. The van der Waals surface area contributed by atoms with E-state index in [0.29, 0.717) is 88.4 Å². The number of para-hydroxylation sites is 3. The summed E-state index contributed by atoms with van der Waals surface area (Å²) in [6, 6.07) is 31.1. The van der Waals surface area contributed by atoms with Crippen LogP contribution in [0.5, 0.6) is 17.2 Å². The first-order chi connectivity index (χ1) is 39.9. The van der Waals surface area contributed by atoms with Gasteiger partial charge in [-0.15, -0.1) is 24.8 Å². The van der Waals surface area contributed by atoms with Gasteiger partial charge in [-0.3, -0.25) is 0 Å². The quantitative estimate of drug-likeness (QED) is 0.0178. The number of ether oxygens (including phenoxy) is 5. The summed E-state index contributed by atoms with van der Waals surface area (Å²) >= 11 is 13.3. The molecule has 0 aromatic heterocycles. The maximum Gasteiger partial charge on any atom is 0.336 e. The molecule has 2 aliphatic heterocycles. The van der Waals surface area contributed by atoms with Crippen molar-refractivity contribution in [3.63, 3.8) is 0 Å². The van der Waals surface area contributed by atoms with E-state index in [1.54, 1.807) is 56.3 Å². The molecule has 0 amide bonds. The van der Waals surface area contributed by atoms with Crippen LogP contribution in [0.1, 0.15) is 116 Å². The highest BCUT2D eigenvalue weighted by molar-refractivity contribution is 6.42. The number of nitrogens with zero attached hydrogens (tertiary/aromatic N) is 1. The molecule has 17 nitrogen and oxygen atoms in total. The van der Waals surface area contributed by atoms with Gasteiger partial charge >= 0.3 is 23.9 Å². The molecule has 0 saturated carbocycles. The molecule has 4 aromatic carbocycles. The highest BCUT2D eigenvalue weighted by atomic mass is 35.5. The number of allylic oxidation sites excluding steroid dienone is 4. The fraction of sp³-hybridized carbons (Fsp3) is 0.438. The number of hydrogen-bond donors (Lipinski definition) is 7. The van der Waals surface area contributed by atoms with Crippen LogP contribution >= 0.6 is 48.0 Å². The number of aliphatic hydroxyl groups is 2. The first-order valence-electron chi connectivity index (χ1n) is 28.3. The predicted octanol–water partition coefficient (Wildman–Crippen LogP) is 11.6. The van der Waals surface area contributed by atoms with Gasteiger partial charge in [0.1, 0.15) is 42.7 Å². The van der Waals surface area contributed by atoms with Gasteiger partial charge in [-0.2, -0.15) is 0 Å². The number of carbonyl (C=O) groups is 4. The molecule has 2 heterocycles. The molecule has 4 unspecified atom stereocenters. The van der Waals surface area contributed by atoms with Crippen LogP contribution in [0.3, 0.4) is 0 Å². The fourth-order valence-electron chi connectivity index (χ4n) is 9.80. The third-order valence-electron chi connectivity index (χ3n) is 14.3. The Balaban J connectivity index is 0.000000632. The number of esters is 2. The molecule has 6 rings (SSSR count). The van der Waals surface area contributed by atoms with Crippen LogP contribution in [0.15, 0.2) is 148 Å². The van der Waals surface area contributed by atoms with Crippen LogP contribution in [0.4, 0.5) is 0 Å². The molecular weight excluding hydrogens is 1170 g/mol. The van der Waals surface area contributed by atoms with E-state index < -0.39 is 47.9 Å². The maximum atomic E-state index is 14.0. The third kappa shape index (κ3) is 22.2. The standard InChI is InChI=1S/C47H63Cl2N3O8.C17H19NO5.2ClH/c1-33(51-30-37(54)32-60-39-22-13-8-14-23-39)19-10-9-17-28-58-47(56)43-35(3)52(4)34(2)42(44(43)40-24-18-25-41(48)45(40)49)46(55)57-27-16-6-5-15-26-50-29-36(53)31-59-38-20-11-7-12-21-38;1-4-23-12-8-6-5-7-11(12)15-13(16(19)20)9(2)18-10(3)14(15)17(21)22;;/h7-8,11-14,18,20-25,33,36-37,44,50-51,53-54H,5-6,9-10,15-17,19,26-32H2,1-4H3;5-8,15,18H,4H2,1-3H3,(H,19,20)(H,21,22);2*1H. The second-order valence-corrected chi connectivity index (χ2v) is 21.2. The van der Waals surface area contributed by atoms with Gasteiger partial charge in [0.25, 0.3) is 0 Å². The first kappa shape index (κ1) is 73.0. The minimum atomic E-state index is -1.16. The highest BCUT2D eigenvalue weighted by Crippen LogP contribution is 2.46. The number of rotatable bonds is 32. The zero-order chi connectivity index (χ0) is 60.4. The van der Waals surface area contributed by atoms with Crippen LogP contribution in [0.2, 0.25) is 10.0 Å². The number of nitrogens with one attached hydrogen (secondary N) is 3. The minimum absolute atomic E-state index is 0. The zero-order valence-corrected chi connectivity index (χ0v) is 52.6. The van der Waals surface area contributed by atoms with Gasteiger partial charge in [0.15, 0.2) is 0 Å². The zero-order valence-electron chi connectivity index (χ0n) is 49.5. The van der Waals surface area contributed by atoms with Gasteiger partial charge in [-0.05, 0) is 116 Å². The number of dihydropyridines is 1. The van der Waals surface area contributed by atoms with Gasteiger partial charge in [0, 0.05) is 54.5 Å². The number of aliphatic hydroxyl groups excluding tert-OH is 2. The number of hydrogen-bond acceptors (Lipinski definition) is 15. The van der Waals surface area contributed by atoms with Crippen molar-refractivity contribution in [2.24, 2.45) is 0 Å². The van der Waals surface area contributed by atoms with Crippen molar-refractivity contribution >= 4 is 71.9 Å². The SMILES string of the molecule is CC1=C(C(=O)OCCCCCCNCC(O)COc2ccccc2)C(c2cccc(Cl)c2Cl)C(C(=O)OCCCCCC(C)NCC(O)COc2ccccc2)=C(C)N1C.CCOc1ccccc1C1C(C(=O)O)=C(C)NC(C)=C1C(=O)O.Cl.Cl. The Morgan fingerprint density at radius 3 is 1.60 bits per heavy atom. The van der Waals surface area contributed by atoms with Gasteiger partial charge in [0.05, 0.1) is 64.0 Å². The Hall–Kier alpha value is -6.28. The van der Waals surface area contributed by atoms with E-state index in [4.69, 9.17) is 46.9 Å².